The molecular formula is C14H24N2O3. The molecular weight excluding hydrogens is 244 g/mol. The monoisotopic (exact) mass is 268 g/mol. The fraction of sp³-hybridized carbons (Fsp3) is 0.857. The summed E-state index contributed by atoms with van der Waals surface area (Å²) in [6.07, 6.45) is 3.39. The predicted molar refractivity (Wildman–Crippen MR) is 71.3 cm³/mol. The second-order valence-electron chi connectivity index (χ2n) is 6.20. The van der Waals surface area contributed by atoms with E-state index in [0.29, 0.717) is 25.3 Å². The van der Waals surface area contributed by atoms with Gasteiger partial charge < -0.3 is 15.3 Å². The zero-order valence-corrected chi connectivity index (χ0v) is 11.8. The van der Waals surface area contributed by atoms with E-state index in [-0.39, 0.29) is 24.3 Å². The van der Waals surface area contributed by atoms with Crippen LogP contribution in [0.5, 0.6) is 0 Å². The molecule has 0 aromatic carbocycles. The highest BCUT2D eigenvalue weighted by atomic mass is 16.3. The molecule has 19 heavy (non-hydrogen) atoms. The van der Waals surface area contributed by atoms with Crippen molar-refractivity contribution < 1.29 is 14.7 Å². The van der Waals surface area contributed by atoms with Crippen molar-refractivity contribution >= 4 is 11.8 Å². The minimum Gasteiger partial charge on any atom is -0.394 e. The molecule has 2 aliphatic rings. The van der Waals surface area contributed by atoms with Crippen LogP contribution in [-0.4, -0.2) is 47.1 Å². The first-order valence-corrected chi connectivity index (χ1v) is 7.18. The van der Waals surface area contributed by atoms with Gasteiger partial charge in [-0.25, -0.2) is 0 Å². The van der Waals surface area contributed by atoms with Crippen LogP contribution in [-0.2, 0) is 9.59 Å². The number of aliphatic hydroxyl groups excluding tert-OH is 1. The van der Waals surface area contributed by atoms with Crippen LogP contribution >= 0.6 is 0 Å². The predicted octanol–water partition coefficient (Wildman–Crippen LogP) is 0.522. The SMILES string of the molecule is CCC(C)(CO)NC(=O)C1CC(=O)N(CC2CC2)C1. The van der Waals surface area contributed by atoms with Crippen LogP contribution in [0.2, 0.25) is 0 Å². The van der Waals surface area contributed by atoms with Crippen molar-refractivity contribution in [2.45, 2.75) is 45.1 Å². The first kappa shape index (κ1) is 14.3. The summed E-state index contributed by atoms with van der Waals surface area (Å²) in [4.78, 5) is 25.8. The maximum atomic E-state index is 12.2. The maximum absolute atomic E-state index is 12.2. The average Bonchev–Trinajstić information content (AvgIpc) is 3.13. The highest BCUT2D eigenvalue weighted by Gasteiger charge is 2.38. The smallest absolute Gasteiger partial charge is 0.225 e. The molecule has 0 spiro atoms. The van der Waals surface area contributed by atoms with E-state index < -0.39 is 5.54 Å². The molecule has 2 unspecified atom stereocenters. The molecule has 5 nitrogen and oxygen atoms in total. The van der Waals surface area contributed by atoms with Gasteiger partial charge in [0.2, 0.25) is 11.8 Å². The van der Waals surface area contributed by atoms with Gasteiger partial charge in [-0.1, -0.05) is 6.92 Å². The summed E-state index contributed by atoms with van der Waals surface area (Å²) in [6.45, 7) is 5.01. The zero-order chi connectivity index (χ0) is 14.0. The van der Waals surface area contributed by atoms with Crippen LogP contribution in [0.3, 0.4) is 0 Å². The number of carbonyl (C=O) groups is 2. The van der Waals surface area contributed by atoms with E-state index in [4.69, 9.17) is 0 Å². The van der Waals surface area contributed by atoms with Gasteiger partial charge in [0.1, 0.15) is 0 Å². The number of rotatable bonds is 6. The lowest BCUT2D eigenvalue weighted by Gasteiger charge is -2.28. The third-order valence-electron chi connectivity index (χ3n) is 4.32. The number of hydrogen-bond donors (Lipinski definition) is 2. The van der Waals surface area contributed by atoms with Crippen molar-refractivity contribution in [3.63, 3.8) is 0 Å². The van der Waals surface area contributed by atoms with Crippen LogP contribution in [0.4, 0.5) is 0 Å². The third kappa shape index (κ3) is 3.47. The van der Waals surface area contributed by atoms with E-state index in [1.807, 2.05) is 18.7 Å². The van der Waals surface area contributed by atoms with E-state index in [2.05, 4.69) is 5.32 Å². The van der Waals surface area contributed by atoms with E-state index >= 15 is 0 Å². The molecule has 2 N–H and O–H groups in total. The van der Waals surface area contributed by atoms with Crippen LogP contribution in [0, 0.1) is 11.8 Å². The van der Waals surface area contributed by atoms with E-state index in [1.165, 1.54) is 12.8 Å². The first-order valence-electron chi connectivity index (χ1n) is 7.18. The fourth-order valence-electron chi connectivity index (χ4n) is 2.38. The van der Waals surface area contributed by atoms with Gasteiger partial charge in [-0.05, 0) is 32.1 Å². The van der Waals surface area contributed by atoms with E-state index in [0.717, 1.165) is 6.54 Å². The summed E-state index contributed by atoms with van der Waals surface area (Å²) in [6, 6.07) is 0. The Labute approximate surface area is 114 Å². The lowest BCUT2D eigenvalue weighted by atomic mass is 9.98. The number of carbonyl (C=O) groups excluding carboxylic acids is 2. The molecule has 0 bridgehead atoms. The minimum atomic E-state index is -0.579. The molecule has 108 valence electrons. The van der Waals surface area contributed by atoms with Gasteiger partial charge in [-0.2, -0.15) is 0 Å². The Kier molecular flexibility index (Phi) is 4.13. The van der Waals surface area contributed by atoms with Crippen molar-refractivity contribution in [1.29, 1.82) is 0 Å². The second-order valence-corrected chi connectivity index (χ2v) is 6.20. The Bertz CT molecular complexity index is 362. The summed E-state index contributed by atoms with van der Waals surface area (Å²) in [7, 11) is 0. The molecule has 1 aliphatic carbocycles. The molecule has 2 amide bonds. The van der Waals surface area contributed by atoms with Crippen LogP contribution in [0.25, 0.3) is 0 Å². The van der Waals surface area contributed by atoms with Gasteiger partial charge in [-0.15, -0.1) is 0 Å². The topological polar surface area (TPSA) is 69.6 Å². The quantitative estimate of drug-likeness (QED) is 0.738. The van der Waals surface area contributed by atoms with Gasteiger partial charge in [0, 0.05) is 19.5 Å². The summed E-state index contributed by atoms with van der Waals surface area (Å²) in [5.74, 6) is 0.382. The standard InChI is InChI=1S/C14H24N2O3/c1-3-14(2,9-17)15-13(19)11-6-12(18)16(8-11)7-10-4-5-10/h10-11,17H,3-9H2,1-2H3,(H,15,19). The van der Waals surface area contributed by atoms with Crippen LogP contribution in [0.1, 0.15) is 39.5 Å². The molecule has 2 atom stereocenters. The number of likely N-dealkylation sites (tertiary alicyclic amines) is 1. The number of aliphatic hydroxyl groups is 1. The normalized spacial score (nSPS) is 26.4. The van der Waals surface area contributed by atoms with Crippen LogP contribution in [0.15, 0.2) is 0 Å². The van der Waals surface area contributed by atoms with Gasteiger partial charge in [-0.3, -0.25) is 9.59 Å². The number of hydrogen-bond acceptors (Lipinski definition) is 3. The van der Waals surface area contributed by atoms with Crippen LogP contribution < -0.4 is 5.32 Å². The van der Waals surface area contributed by atoms with Crippen molar-refractivity contribution in [2.75, 3.05) is 19.7 Å². The van der Waals surface area contributed by atoms with Crippen molar-refractivity contribution in [1.82, 2.24) is 10.2 Å². The molecule has 1 saturated heterocycles. The molecule has 5 heteroatoms. The average molecular weight is 268 g/mol. The van der Waals surface area contributed by atoms with Crippen molar-refractivity contribution in [3.05, 3.63) is 0 Å². The molecule has 0 aromatic heterocycles. The largest absolute Gasteiger partial charge is 0.394 e. The molecule has 0 radical (unpaired) electrons. The second kappa shape index (κ2) is 5.49. The number of nitrogens with one attached hydrogen (secondary N) is 1. The Morgan fingerprint density at radius 1 is 1.53 bits per heavy atom. The lowest BCUT2D eigenvalue weighted by Crippen LogP contribution is -2.50. The molecule has 2 rings (SSSR count). The molecule has 0 aromatic rings. The minimum absolute atomic E-state index is 0.0817. The Morgan fingerprint density at radius 2 is 2.21 bits per heavy atom. The van der Waals surface area contributed by atoms with Gasteiger partial charge >= 0.3 is 0 Å². The van der Waals surface area contributed by atoms with E-state index in [1.54, 1.807) is 0 Å². The third-order valence-corrected chi connectivity index (χ3v) is 4.32. The Hall–Kier alpha value is -1.10. The molecule has 1 aliphatic heterocycles. The zero-order valence-electron chi connectivity index (χ0n) is 11.8. The Balaban J connectivity index is 1.88. The summed E-state index contributed by atoms with van der Waals surface area (Å²) < 4.78 is 0. The fourth-order valence-corrected chi connectivity index (χ4v) is 2.38. The first-order chi connectivity index (χ1) is 8.97. The van der Waals surface area contributed by atoms with E-state index in [9.17, 15) is 14.7 Å². The summed E-state index contributed by atoms with van der Waals surface area (Å²) in [5, 5.41) is 12.2. The molecule has 2 fully saturated rings. The van der Waals surface area contributed by atoms with Crippen molar-refractivity contribution in [2.24, 2.45) is 11.8 Å². The van der Waals surface area contributed by atoms with Gasteiger partial charge in [0.25, 0.3) is 0 Å². The summed E-state index contributed by atoms with van der Waals surface area (Å²) >= 11 is 0. The summed E-state index contributed by atoms with van der Waals surface area (Å²) in [5.41, 5.74) is -0.579. The Morgan fingerprint density at radius 3 is 2.74 bits per heavy atom. The van der Waals surface area contributed by atoms with Gasteiger partial charge in [0.05, 0.1) is 18.1 Å². The van der Waals surface area contributed by atoms with Crippen molar-refractivity contribution in [3.8, 4) is 0 Å². The highest BCUT2D eigenvalue weighted by Crippen LogP contribution is 2.32. The number of nitrogens with zero attached hydrogens (tertiary/aromatic N) is 1. The molecule has 1 saturated carbocycles. The highest BCUT2D eigenvalue weighted by molar-refractivity contribution is 5.89. The molecule has 1 heterocycles. The lowest BCUT2D eigenvalue weighted by molar-refractivity contribution is -0.129. The number of amides is 2. The maximum Gasteiger partial charge on any atom is 0.225 e. The van der Waals surface area contributed by atoms with Gasteiger partial charge in [0.15, 0.2) is 0 Å².